The standard InChI is InChI=1S/C19H24N2O3/c1-12-6-5-7-16-13(2)18(24-17(12)16)19(23)21-10-8-15(9-11-21)20(4)14(3)22/h5-7,15H,8-11H2,1-4H3. The van der Waals surface area contributed by atoms with Crippen molar-refractivity contribution < 1.29 is 14.0 Å². The summed E-state index contributed by atoms with van der Waals surface area (Å²) in [7, 11) is 1.83. The molecule has 0 saturated carbocycles. The number of piperidine rings is 1. The third-order valence-electron chi connectivity index (χ3n) is 5.15. The summed E-state index contributed by atoms with van der Waals surface area (Å²) >= 11 is 0. The van der Waals surface area contributed by atoms with E-state index in [1.807, 2.05) is 44.0 Å². The van der Waals surface area contributed by atoms with Gasteiger partial charge in [-0.1, -0.05) is 18.2 Å². The van der Waals surface area contributed by atoms with E-state index in [4.69, 9.17) is 4.42 Å². The van der Waals surface area contributed by atoms with Crippen LogP contribution in [0.5, 0.6) is 0 Å². The first-order valence-corrected chi connectivity index (χ1v) is 8.41. The van der Waals surface area contributed by atoms with Crippen LogP contribution < -0.4 is 0 Å². The molecular weight excluding hydrogens is 304 g/mol. The highest BCUT2D eigenvalue weighted by Crippen LogP contribution is 2.29. The third-order valence-corrected chi connectivity index (χ3v) is 5.15. The molecule has 24 heavy (non-hydrogen) atoms. The van der Waals surface area contributed by atoms with Gasteiger partial charge in [0.15, 0.2) is 5.76 Å². The summed E-state index contributed by atoms with van der Waals surface area (Å²) in [6, 6.07) is 6.18. The second-order valence-electron chi connectivity index (χ2n) is 6.66. The fourth-order valence-electron chi connectivity index (χ4n) is 3.45. The van der Waals surface area contributed by atoms with Crippen LogP contribution in [0.25, 0.3) is 11.0 Å². The largest absolute Gasteiger partial charge is 0.450 e. The molecule has 2 aromatic rings. The van der Waals surface area contributed by atoms with Gasteiger partial charge in [-0.05, 0) is 32.3 Å². The van der Waals surface area contributed by atoms with E-state index < -0.39 is 0 Å². The van der Waals surface area contributed by atoms with Crippen molar-refractivity contribution >= 4 is 22.8 Å². The average Bonchev–Trinajstić information content (AvgIpc) is 2.92. The summed E-state index contributed by atoms with van der Waals surface area (Å²) in [5.41, 5.74) is 2.74. The molecule has 2 heterocycles. The Balaban J connectivity index is 1.78. The number of furan rings is 1. The summed E-state index contributed by atoms with van der Waals surface area (Å²) < 4.78 is 5.90. The van der Waals surface area contributed by atoms with Crippen LogP contribution in [-0.4, -0.2) is 47.8 Å². The van der Waals surface area contributed by atoms with Gasteiger partial charge in [-0.2, -0.15) is 0 Å². The van der Waals surface area contributed by atoms with E-state index in [-0.39, 0.29) is 17.9 Å². The highest BCUT2D eigenvalue weighted by Gasteiger charge is 2.29. The number of para-hydroxylation sites is 1. The Kier molecular flexibility index (Phi) is 4.35. The van der Waals surface area contributed by atoms with Crippen molar-refractivity contribution in [2.45, 2.75) is 39.7 Å². The minimum absolute atomic E-state index is 0.0490. The first-order valence-electron chi connectivity index (χ1n) is 8.41. The number of amides is 2. The zero-order valence-electron chi connectivity index (χ0n) is 14.8. The molecule has 0 N–H and O–H groups in total. The van der Waals surface area contributed by atoms with Gasteiger partial charge >= 0.3 is 0 Å². The number of carbonyl (C=O) groups excluding carboxylic acids is 2. The normalized spacial score (nSPS) is 15.8. The molecule has 1 aliphatic rings. The van der Waals surface area contributed by atoms with Gasteiger partial charge in [0.1, 0.15) is 5.58 Å². The Morgan fingerprint density at radius 3 is 2.46 bits per heavy atom. The first kappa shape index (κ1) is 16.6. The number of benzene rings is 1. The van der Waals surface area contributed by atoms with Crippen molar-refractivity contribution in [1.29, 1.82) is 0 Å². The number of nitrogens with zero attached hydrogens (tertiary/aromatic N) is 2. The molecule has 0 radical (unpaired) electrons. The Morgan fingerprint density at radius 1 is 1.21 bits per heavy atom. The van der Waals surface area contributed by atoms with E-state index in [1.165, 1.54) is 0 Å². The van der Waals surface area contributed by atoms with Gasteiger partial charge in [0.25, 0.3) is 5.91 Å². The van der Waals surface area contributed by atoms with Gasteiger partial charge in [0.2, 0.25) is 5.91 Å². The molecule has 0 atom stereocenters. The molecule has 0 bridgehead atoms. The van der Waals surface area contributed by atoms with Gasteiger partial charge < -0.3 is 14.2 Å². The van der Waals surface area contributed by atoms with Crippen LogP contribution in [0, 0.1) is 13.8 Å². The van der Waals surface area contributed by atoms with Crippen molar-refractivity contribution in [3.63, 3.8) is 0 Å². The van der Waals surface area contributed by atoms with Crippen molar-refractivity contribution in [1.82, 2.24) is 9.80 Å². The van der Waals surface area contributed by atoms with E-state index in [9.17, 15) is 9.59 Å². The molecule has 1 aromatic carbocycles. The number of hydrogen-bond donors (Lipinski definition) is 0. The van der Waals surface area contributed by atoms with Crippen LogP contribution >= 0.6 is 0 Å². The maximum Gasteiger partial charge on any atom is 0.289 e. The SMILES string of the molecule is CC(=O)N(C)C1CCN(C(=O)c2oc3c(C)cccc3c2C)CC1. The molecule has 0 unspecified atom stereocenters. The second kappa shape index (κ2) is 6.30. The lowest BCUT2D eigenvalue weighted by Gasteiger charge is -2.36. The van der Waals surface area contributed by atoms with Gasteiger partial charge in [-0.15, -0.1) is 0 Å². The van der Waals surface area contributed by atoms with Crippen molar-refractivity contribution in [3.8, 4) is 0 Å². The van der Waals surface area contributed by atoms with Crippen LogP contribution in [0.4, 0.5) is 0 Å². The third kappa shape index (κ3) is 2.79. The molecule has 0 spiro atoms. The van der Waals surface area contributed by atoms with E-state index in [0.717, 1.165) is 34.9 Å². The number of fused-ring (bicyclic) bond motifs is 1. The molecule has 5 heteroatoms. The molecule has 2 amide bonds. The van der Waals surface area contributed by atoms with E-state index in [1.54, 1.807) is 11.8 Å². The monoisotopic (exact) mass is 328 g/mol. The van der Waals surface area contributed by atoms with Gasteiger partial charge in [-0.25, -0.2) is 0 Å². The molecule has 1 saturated heterocycles. The van der Waals surface area contributed by atoms with Crippen LogP contribution in [0.15, 0.2) is 22.6 Å². The fourth-order valence-corrected chi connectivity index (χ4v) is 3.45. The molecule has 3 rings (SSSR count). The second-order valence-corrected chi connectivity index (χ2v) is 6.66. The fraction of sp³-hybridized carbons (Fsp3) is 0.474. The summed E-state index contributed by atoms with van der Waals surface area (Å²) in [6.45, 7) is 6.81. The molecule has 1 fully saturated rings. The van der Waals surface area contributed by atoms with Gasteiger partial charge in [-0.3, -0.25) is 9.59 Å². The molecule has 1 aliphatic heterocycles. The van der Waals surface area contributed by atoms with Gasteiger partial charge in [0, 0.05) is 44.1 Å². The summed E-state index contributed by atoms with van der Waals surface area (Å²) in [4.78, 5) is 28.0. The van der Waals surface area contributed by atoms with Crippen LogP contribution in [0.2, 0.25) is 0 Å². The lowest BCUT2D eigenvalue weighted by Crippen LogP contribution is -2.46. The molecule has 1 aromatic heterocycles. The number of aryl methyl sites for hydroxylation is 2. The lowest BCUT2D eigenvalue weighted by atomic mass is 10.0. The number of likely N-dealkylation sites (tertiary alicyclic amines) is 1. The van der Waals surface area contributed by atoms with E-state index in [0.29, 0.717) is 18.8 Å². The Morgan fingerprint density at radius 2 is 1.88 bits per heavy atom. The van der Waals surface area contributed by atoms with Crippen LogP contribution in [0.3, 0.4) is 0 Å². The van der Waals surface area contributed by atoms with Crippen molar-refractivity contribution in [2.75, 3.05) is 20.1 Å². The summed E-state index contributed by atoms with van der Waals surface area (Å²) in [6.07, 6.45) is 1.61. The maximum absolute atomic E-state index is 12.9. The molecule has 0 aliphatic carbocycles. The predicted molar refractivity (Wildman–Crippen MR) is 93.1 cm³/mol. The minimum Gasteiger partial charge on any atom is -0.450 e. The minimum atomic E-state index is -0.0490. The van der Waals surface area contributed by atoms with Gasteiger partial charge in [0.05, 0.1) is 0 Å². The summed E-state index contributed by atoms with van der Waals surface area (Å²) in [5.74, 6) is 0.466. The average molecular weight is 328 g/mol. The predicted octanol–water partition coefficient (Wildman–Crippen LogP) is 3.13. The van der Waals surface area contributed by atoms with Crippen LogP contribution in [0.1, 0.15) is 41.4 Å². The van der Waals surface area contributed by atoms with Crippen LogP contribution in [-0.2, 0) is 4.79 Å². The zero-order chi connectivity index (χ0) is 17.4. The van der Waals surface area contributed by atoms with E-state index >= 15 is 0 Å². The Hall–Kier alpha value is -2.30. The van der Waals surface area contributed by atoms with Crippen molar-refractivity contribution in [2.24, 2.45) is 0 Å². The molecular formula is C19H24N2O3. The quantitative estimate of drug-likeness (QED) is 0.851. The maximum atomic E-state index is 12.9. The topological polar surface area (TPSA) is 53.8 Å². The highest BCUT2D eigenvalue weighted by molar-refractivity contribution is 5.99. The lowest BCUT2D eigenvalue weighted by molar-refractivity contribution is -0.130. The number of hydrogen-bond acceptors (Lipinski definition) is 3. The summed E-state index contributed by atoms with van der Waals surface area (Å²) in [5, 5.41) is 1.00. The Bertz CT molecular complexity index is 785. The molecule has 128 valence electrons. The zero-order valence-corrected chi connectivity index (χ0v) is 14.8. The van der Waals surface area contributed by atoms with E-state index in [2.05, 4.69) is 0 Å². The number of carbonyl (C=O) groups is 2. The van der Waals surface area contributed by atoms with Crippen molar-refractivity contribution in [3.05, 3.63) is 35.1 Å². The smallest absolute Gasteiger partial charge is 0.289 e. The highest BCUT2D eigenvalue weighted by atomic mass is 16.3. The Labute approximate surface area is 142 Å². The number of rotatable bonds is 2. The molecule has 5 nitrogen and oxygen atoms in total. The first-order chi connectivity index (χ1) is 11.4.